The molecule has 0 bridgehead atoms. The summed E-state index contributed by atoms with van der Waals surface area (Å²) in [5.41, 5.74) is 1.30. The third-order valence-electron chi connectivity index (χ3n) is 3.67. The van der Waals surface area contributed by atoms with Gasteiger partial charge in [0.05, 0.1) is 30.4 Å². The first kappa shape index (κ1) is 16.5. The van der Waals surface area contributed by atoms with Gasteiger partial charge in [-0.15, -0.1) is 0 Å². The molecule has 1 N–H and O–H groups in total. The highest BCUT2D eigenvalue weighted by molar-refractivity contribution is 6.04. The molecule has 7 heteroatoms. The molecule has 126 valence electrons. The molecule has 1 aromatic carbocycles. The highest BCUT2D eigenvalue weighted by Gasteiger charge is 2.13. The minimum atomic E-state index is -0.488. The summed E-state index contributed by atoms with van der Waals surface area (Å²) in [5, 5.41) is 15.6. The number of nitrogens with zero attached hydrogens (tertiary/aromatic N) is 4. The monoisotopic (exact) mass is 337 g/mol. The van der Waals surface area contributed by atoms with Gasteiger partial charge in [-0.25, -0.2) is 9.07 Å². The Morgan fingerprint density at radius 3 is 2.76 bits per heavy atom. The lowest BCUT2D eigenvalue weighted by molar-refractivity contribution is 0.102. The Balaban J connectivity index is 1.80. The normalized spacial score (nSPS) is 10.4. The van der Waals surface area contributed by atoms with Crippen molar-refractivity contribution in [3.8, 4) is 11.8 Å². The number of hydrogen-bond acceptors (Lipinski definition) is 3. The quantitative estimate of drug-likeness (QED) is 0.776. The van der Waals surface area contributed by atoms with E-state index in [9.17, 15) is 9.18 Å². The summed E-state index contributed by atoms with van der Waals surface area (Å²) in [6.07, 6.45) is 3.74. The number of carbonyl (C=O) groups excluding carboxylic acids is 1. The zero-order chi connectivity index (χ0) is 17.8. The van der Waals surface area contributed by atoms with Crippen LogP contribution in [0.4, 0.5) is 10.2 Å². The number of hydrogen-bond donors (Lipinski definition) is 1. The molecule has 0 aliphatic carbocycles. The minimum absolute atomic E-state index is 0.207. The van der Waals surface area contributed by atoms with Crippen molar-refractivity contribution in [1.82, 2.24) is 14.3 Å². The van der Waals surface area contributed by atoms with E-state index in [2.05, 4.69) is 10.4 Å². The number of aromatic nitrogens is 3. The second-order valence-electron chi connectivity index (χ2n) is 5.51. The van der Waals surface area contributed by atoms with Gasteiger partial charge in [0, 0.05) is 24.0 Å². The number of anilines is 1. The van der Waals surface area contributed by atoms with Crippen LogP contribution in [0.2, 0.25) is 0 Å². The summed E-state index contributed by atoms with van der Waals surface area (Å²) in [6, 6.07) is 11.7. The number of halogens is 1. The number of benzene rings is 1. The largest absolute Gasteiger partial charge is 0.321 e. The van der Waals surface area contributed by atoms with Crippen molar-refractivity contribution in [2.45, 2.75) is 19.9 Å². The molecule has 1 amide bonds. The highest BCUT2D eigenvalue weighted by Crippen LogP contribution is 2.17. The molecule has 0 spiro atoms. The zero-order valence-corrected chi connectivity index (χ0v) is 13.6. The Hall–Kier alpha value is -3.40. The van der Waals surface area contributed by atoms with E-state index < -0.39 is 11.7 Å². The predicted molar refractivity (Wildman–Crippen MR) is 90.9 cm³/mol. The Kier molecular flexibility index (Phi) is 4.61. The van der Waals surface area contributed by atoms with Crippen molar-refractivity contribution < 1.29 is 9.18 Å². The van der Waals surface area contributed by atoms with Gasteiger partial charge in [-0.3, -0.25) is 4.79 Å². The summed E-state index contributed by atoms with van der Waals surface area (Å²) >= 11 is 0. The van der Waals surface area contributed by atoms with Gasteiger partial charge in [0.1, 0.15) is 11.6 Å². The summed E-state index contributed by atoms with van der Waals surface area (Å²) in [7, 11) is 0. The van der Waals surface area contributed by atoms with Crippen LogP contribution in [0.25, 0.3) is 5.69 Å². The van der Waals surface area contributed by atoms with Crippen LogP contribution in [0.15, 0.2) is 48.8 Å². The molecule has 3 aromatic rings. The standard InChI is InChI=1S/C18H16FN5O/c1-13-11-17(24(22-13)10-4-7-20)21-18(25)14-5-6-16(15(19)12-14)23-8-2-3-9-23/h2-3,5-6,8-9,11-12H,4,10H2,1H3,(H,21,25). The maximum Gasteiger partial charge on any atom is 0.256 e. The van der Waals surface area contributed by atoms with Gasteiger partial charge in [0.25, 0.3) is 5.91 Å². The van der Waals surface area contributed by atoms with E-state index in [0.29, 0.717) is 18.1 Å². The van der Waals surface area contributed by atoms with E-state index in [4.69, 9.17) is 5.26 Å². The molecular weight excluding hydrogens is 321 g/mol. The van der Waals surface area contributed by atoms with Crippen LogP contribution in [-0.4, -0.2) is 20.3 Å². The number of rotatable bonds is 5. The van der Waals surface area contributed by atoms with Gasteiger partial charge >= 0.3 is 0 Å². The molecule has 0 aliphatic heterocycles. The smallest absolute Gasteiger partial charge is 0.256 e. The van der Waals surface area contributed by atoms with Crippen LogP contribution < -0.4 is 5.32 Å². The maximum absolute atomic E-state index is 14.3. The third-order valence-corrected chi connectivity index (χ3v) is 3.67. The van der Waals surface area contributed by atoms with E-state index in [0.717, 1.165) is 5.69 Å². The summed E-state index contributed by atoms with van der Waals surface area (Å²) in [5.74, 6) is -0.443. The lowest BCUT2D eigenvalue weighted by atomic mass is 10.2. The molecule has 0 fully saturated rings. The molecule has 0 saturated heterocycles. The molecule has 2 heterocycles. The van der Waals surface area contributed by atoms with Gasteiger partial charge in [-0.1, -0.05) is 0 Å². The first-order valence-electron chi connectivity index (χ1n) is 7.74. The molecule has 2 aromatic heterocycles. The van der Waals surface area contributed by atoms with E-state index >= 15 is 0 Å². The molecule has 0 atom stereocenters. The van der Waals surface area contributed by atoms with Crippen LogP contribution >= 0.6 is 0 Å². The predicted octanol–water partition coefficient (Wildman–Crippen LogP) is 3.29. The SMILES string of the molecule is Cc1cc(NC(=O)c2ccc(-n3cccc3)c(F)c2)n(CCC#N)n1. The van der Waals surface area contributed by atoms with Gasteiger partial charge in [0.2, 0.25) is 0 Å². The second kappa shape index (κ2) is 7.01. The van der Waals surface area contributed by atoms with Gasteiger partial charge in [0.15, 0.2) is 0 Å². The number of carbonyl (C=O) groups is 1. The van der Waals surface area contributed by atoms with Crippen LogP contribution in [0, 0.1) is 24.1 Å². The van der Waals surface area contributed by atoms with Gasteiger partial charge < -0.3 is 9.88 Å². The van der Waals surface area contributed by atoms with Crippen molar-refractivity contribution in [2.24, 2.45) is 0 Å². The van der Waals surface area contributed by atoms with Crippen LogP contribution in [0.5, 0.6) is 0 Å². The molecule has 0 aliphatic rings. The molecule has 25 heavy (non-hydrogen) atoms. The maximum atomic E-state index is 14.3. The van der Waals surface area contributed by atoms with Crippen LogP contribution in [0.3, 0.4) is 0 Å². The van der Waals surface area contributed by atoms with Crippen molar-refractivity contribution in [1.29, 1.82) is 5.26 Å². The summed E-state index contributed by atoms with van der Waals surface area (Å²) in [6.45, 7) is 2.17. The van der Waals surface area contributed by atoms with Crippen molar-refractivity contribution in [3.63, 3.8) is 0 Å². The first-order valence-corrected chi connectivity index (χ1v) is 7.74. The van der Waals surface area contributed by atoms with Crippen molar-refractivity contribution >= 4 is 11.7 Å². The molecule has 6 nitrogen and oxygen atoms in total. The average molecular weight is 337 g/mol. The van der Waals surface area contributed by atoms with Crippen LogP contribution in [0.1, 0.15) is 22.5 Å². The Bertz CT molecular complexity index is 937. The van der Waals surface area contributed by atoms with Crippen molar-refractivity contribution in [3.05, 3.63) is 65.9 Å². The second-order valence-corrected chi connectivity index (χ2v) is 5.51. The summed E-state index contributed by atoms with van der Waals surface area (Å²) in [4.78, 5) is 12.4. The molecule has 0 radical (unpaired) electrons. The van der Waals surface area contributed by atoms with Gasteiger partial charge in [-0.05, 0) is 37.3 Å². The zero-order valence-electron chi connectivity index (χ0n) is 13.6. The molecule has 3 rings (SSSR count). The lowest BCUT2D eigenvalue weighted by Gasteiger charge is -2.09. The third kappa shape index (κ3) is 3.58. The number of nitriles is 1. The Morgan fingerprint density at radius 1 is 1.32 bits per heavy atom. The van der Waals surface area contributed by atoms with E-state index in [1.807, 2.05) is 6.07 Å². The topological polar surface area (TPSA) is 75.6 Å². The minimum Gasteiger partial charge on any atom is -0.321 e. The molecule has 0 unspecified atom stereocenters. The van der Waals surface area contributed by atoms with Gasteiger partial charge in [-0.2, -0.15) is 10.4 Å². The van der Waals surface area contributed by atoms with E-state index in [1.54, 1.807) is 58.9 Å². The van der Waals surface area contributed by atoms with Crippen LogP contribution in [-0.2, 0) is 6.54 Å². The first-order chi connectivity index (χ1) is 12.1. The van der Waals surface area contributed by atoms with E-state index in [-0.39, 0.29) is 12.0 Å². The summed E-state index contributed by atoms with van der Waals surface area (Å²) < 4.78 is 17.5. The fourth-order valence-electron chi connectivity index (χ4n) is 2.51. The fraction of sp³-hybridized carbons (Fsp3) is 0.167. The lowest BCUT2D eigenvalue weighted by Crippen LogP contribution is -2.16. The molecule has 0 saturated carbocycles. The number of aryl methyl sites for hydroxylation is 2. The highest BCUT2D eigenvalue weighted by atomic mass is 19.1. The molecular formula is C18H16FN5O. The number of nitrogens with one attached hydrogen (secondary N) is 1. The Morgan fingerprint density at radius 2 is 2.08 bits per heavy atom. The van der Waals surface area contributed by atoms with Crippen molar-refractivity contribution in [2.75, 3.05) is 5.32 Å². The average Bonchev–Trinajstić information content (AvgIpc) is 3.22. The Labute approximate surface area is 144 Å². The number of amides is 1. The van der Waals surface area contributed by atoms with E-state index in [1.165, 1.54) is 6.07 Å². The fourth-order valence-corrected chi connectivity index (χ4v) is 2.51.